The van der Waals surface area contributed by atoms with Crippen molar-refractivity contribution in [2.24, 2.45) is 5.41 Å². The molecule has 0 amide bonds. The van der Waals surface area contributed by atoms with Gasteiger partial charge in [0.25, 0.3) is 0 Å². The van der Waals surface area contributed by atoms with Gasteiger partial charge in [0.05, 0.1) is 0 Å². The third-order valence-electron chi connectivity index (χ3n) is 3.06. The van der Waals surface area contributed by atoms with Crippen LogP contribution in [0.4, 0.5) is 0 Å². The largest absolute Gasteiger partial charge is 0.319 e. The normalized spacial score (nSPS) is 28.5. The second kappa shape index (κ2) is 5.99. The van der Waals surface area contributed by atoms with Crippen molar-refractivity contribution in [3.8, 4) is 0 Å². The molecule has 1 atom stereocenters. The Bertz CT molecular complexity index is 163. The Balaban J connectivity index is 2.19. The first-order valence-electron chi connectivity index (χ1n) is 5.56. The quantitative estimate of drug-likeness (QED) is 0.680. The number of hydrogen-bond acceptors (Lipinski definition) is 3. The van der Waals surface area contributed by atoms with Crippen LogP contribution in [-0.2, 0) is 0 Å². The van der Waals surface area contributed by atoms with E-state index in [4.69, 9.17) is 0 Å². The van der Waals surface area contributed by atoms with Gasteiger partial charge >= 0.3 is 0 Å². The predicted molar refractivity (Wildman–Crippen MR) is 66.1 cm³/mol. The minimum absolute atomic E-state index is 0.522. The van der Waals surface area contributed by atoms with E-state index in [0.29, 0.717) is 5.41 Å². The first-order chi connectivity index (χ1) is 6.70. The fraction of sp³-hybridized carbons (Fsp3) is 1.00. The van der Waals surface area contributed by atoms with Gasteiger partial charge in [0.15, 0.2) is 0 Å². The lowest BCUT2D eigenvalue weighted by atomic mass is 9.90. The summed E-state index contributed by atoms with van der Waals surface area (Å²) in [6, 6.07) is 0. The minimum atomic E-state index is 0.522. The van der Waals surface area contributed by atoms with Crippen LogP contribution in [0.3, 0.4) is 0 Å². The van der Waals surface area contributed by atoms with Crippen LogP contribution in [0, 0.1) is 5.41 Å². The monoisotopic (exact) mass is 216 g/mol. The Morgan fingerprint density at radius 1 is 1.50 bits per heavy atom. The molecule has 1 rings (SSSR count). The van der Waals surface area contributed by atoms with Crippen molar-refractivity contribution in [1.29, 1.82) is 0 Å². The summed E-state index contributed by atoms with van der Waals surface area (Å²) in [5.41, 5.74) is 0.522. The van der Waals surface area contributed by atoms with Gasteiger partial charge < -0.3 is 10.2 Å². The Labute approximate surface area is 92.8 Å². The maximum Gasteiger partial charge on any atom is 0.00480 e. The summed E-state index contributed by atoms with van der Waals surface area (Å²) in [6.07, 6.45) is 4.89. The summed E-state index contributed by atoms with van der Waals surface area (Å²) >= 11 is 1.96. The molecule has 1 aliphatic rings. The van der Waals surface area contributed by atoms with Crippen molar-refractivity contribution in [1.82, 2.24) is 10.2 Å². The number of thioether (sulfide) groups is 1. The third kappa shape index (κ3) is 3.79. The van der Waals surface area contributed by atoms with E-state index in [9.17, 15) is 0 Å². The Hall–Kier alpha value is 0.270. The molecule has 0 bridgehead atoms. The van der Waals surface area contributed by atoms with Crippen molar-refractivity contribution < 1.29 is 0 Å². The lowest BCUT2D eigenvalue weighted by molar-refractivity contribution is 0.272. The topological polar surface area (TPSA) is 15.3 Å². The van der Waals surface area contributed by atoms with E-state index in [-0.39, 0.29) is 0 Å². The third-order valence-corrected chi connectivity index (χ3v) is 3.76. The Morgan fingerprint density at radius 3 is 2.93 bits per heavy atom. The molecule has 84 valence electrons. The van der Waals surface area contributed by atoms with Gasteiger partial charge in [-0.25, -0.2) is 0 Å². The SMILES string of the molecule is CNCC1(C)CCN(CCCSC)C1. The van der Waals surface area contributed by atoms with Crippen LogP contribution in [0.1, 0.15) is 19.8 Å². The molecule has 0 aliphatic carbocycles. The number of rotatable bonds is 6. The molecule has 0 saturated carbocycles. The molecule has 1 unspecified atom stereocenters. The molecule has 2 nitrogen and oxygen atoms in total. The van der Waals surface area contributed by atoms with Crippen LogP contribution in [0.2, 0.25) is 0 Å². The van der Waals surface area contributed by atoms with Gasteiger partial charge in [0.1, 0.15) is 0 Å². The van der Waals surface area contributed by atoms with E-state index in [1.807, 2.05) is 11.8 Å². The molecule has 1 fully saturated rings. The zero-order valence-electron chi connectivity index (χ0n) is 9.81. The summed E-state index contributed by atoms with van der Waals surface area (Å²) in [5.74, 6) is 1.30. The van der Waals surface area contributed by atoms with Gasteiger partial charge in [-0.05, 0) is 50.4 Å². The van der Waals surface area contributed by atoms with Crippen LogP contribution >= 0.6 is 11.8 Å². The van der Waals surface area contributed by atoms with Crippen molar-refractivity contribution in [3.05, 3.63) is 0 Å². The highest BCUT2D eigenvalue weighted by Crippen LogP contribution is 2.28. The average Bonchev–Trinajstić information content (AvgIpc) is 2.49. The average molecular weight is 216 g/mol. The van der Waals surface area contributed by atoms with E-state index < -0.39 is 0 Å². The second-order valence-electron chi connectivity index (χ2n) is 4.71. The molecule has 0 radical (unpaired) electrons. The summed E-state index contributed by atoms with van der Waals surface area (Å²) < 4.78 is 0. The van der Waals surface area contributed by atoms with Crippen LogP contribution in [0.5, 0.6) is 0 Å². The Morgan fingerprint density at radius 2 is 2.29 bits per heavy atom. The van der Waals surface area contributed by atoms with Crippen LogP contribution in [0.15, 0.2) is 0 Å². The van der Waals surface area contributed by atoms with E-state index in [1.54, 1.807) is 0 Å². The van der Waals surface area contributed by atoms with Gasteiger partial charge in [-0.15, -0.1) is 0 Å². The first-order valence-corrected chi connectivity index (χ1v) is 6.95. The van der Waals surface area contributed by atoms with Crippen molar-refractivity contribution >= 4 is 11.8 Å². The smallest absolute Gasteiger partial charge is 0.00480 e. The van der Waals surface area contributed by atoms with E-state index >= 15 is 0 Å². The zero-order valence-corrected chi connectivity index (χ0v) is 10.6. The molecule has 1 heterocycles. The number of nitrogens with one attached hydrogen (secondary N) is 1. The van der Waals surface area contributed by atoms with Gasteiger partial charge in [-0.1, -0.05) is 6.92 Å². The molecular weight excluding hydrogens is 192 g/mol. The number of hydrogen-bond donors (Lipinski definition) is 1. The second-order valence-corrected chi connectivity index (χ2v) is 5.70. The highest BCUT2D eigenvalue weighted by atomic mass is 32.2. The molecular formula is C11H24N2S. The van der Waals surface area contributed by atoms with E-state index in [1.165, 1.54) is 38.2 Å². The highest BCUT2D eigenvalue weighted by Gasteiger charge is 2.32. The molecule has 1 aliphatic heterocycles. The maximum atomic E-state index is 3.31. The molecule has 0 spiro atoms. The lowest BCUT2D eigenvalue weighted by Gasteiger charge is -2.24. The molecule has 0 aromatic heterocycles. The van der Waals surface area contributed by atoms with Crippen LogP contribution in [0.25, 0.3) is 0 Å². The maximum absolute atomic E-state index is 3.31. The first kappa shape index (κ1) is 12.3. The van der Waals surface area contributed by atoms with Gasteiger partial charge in [0, 0.05) is 13.1 Å². The summed E-state index contributed by atoms with van der Waals surface area (Å²) in [4.78, 5) is 2.62. The van der Waals surface area contributed by atoms with Crippen molar-refractivity contribution in [2.75, 3.05) is 45.2 Å². The number of nitrogens with zero attached hydrogens (tertiary/aromatic N) is 1. The molecule has 1 saturated heterocycles. The summed E-state index contributed by atoms with van der Waals surface area (Å²) in [6.45, 7) is 7.43. The van der Waals surface area contributed by atoms with Gasteiger partial charge in [-0.3, -0.25) is 0 Å². The fourth-order valence-electron chi connectivity index (χ4n) is 2.32. The molecule has 1 N–H and O–H groups in total. The van der Waals surface area contributed by atoms with E-state index in [2.05, 4.69) is 30.4 Å². The Kier molecular flexibility index (Phi) is 5.28. The molecule has 0 aromatic carbocycles. The van der Waals surface area contributed by atoms with Crippen LogP contribution < -0.4 is 5.32 Å². The van der Waals surface area contributed by atoms with Gasteiger partial charge in [0.2, 0.25) is 0 Å². The van der Waals surface area contributed by atoms with Crippen LogP contribution in [-0.4, -0.2) is 50.1 Å². The van der Waals surface area contributed by atoms with Gasteiger partial charge in [-0.2, -0.15) is 11.8 Å². The zero-order chi connectivity index (χ0) is 10.4. The summed E-state index contributed by atoms with van der Waals surface area (Å²) in [5, 5.41) is 3.31. The van der Waals surface area contributed by atoms with Crippen molar-refractivity contribution in [3.63, 3.8) is 0 Å². The summed E-state index contributed by atoms with van der Waals surface area (Å²) in [7, 11) is 2.06. The van der Waals surface area contributed by atoms with E-state index in [0.717, 1.165) is 6.54 Å². The standard InChI is InChI=1S/C11H24N2S/c1-11(9-12-2)5-7-13(10-11)6-4-8-14-3/h12H,4-10H2,1-3H3. The lowest BCUT2D eigenvalue weighted by Crippen LogP contribution is -2.33. The predicted octanol–water partition coefficient (Wildman–Crippen LogP) is 1.67. The number of likely N-dealkylation sites (tertiary alicyclic amines) is 1. The minimum Gasteiger partial charge on any atom is -0.319 e. The fourth-order valence-corrected chi connectivity index (χ4v) is 2.74. The molecule has 0 aromatic rings. The van der Waals surface area contributed by atoms with Crippen molar-refractivity contribution in [2.45, 2.75) is 19.8 Å². The molecule has 3 heteroatoms. The molecule has 14 heavy (non-hydrogen) atoms. The highest BCUT2D eigenvalue weighted by molar-refractivity contribution is 7.98.